The standard InChI is InChI=1S/C18H20N2O2/c1-4-14(12-21)17(6-3)19-11-16(5-2)20-18-10-8-7-9-15(18)13-22/h4,6-13,19-20H,1,3,5H2,2H3/b16-11+,17-14-. The van der Waals surface area contributed by atoms with Gasteiger partial charge < -0.3 is 10.6 Å². The highest BCUT2D eigenvalue weighted by molar-refractivity contribution is 5.84. The van der Waals surface area contributed by atoms with Crippen molar-refractivity contribution < 1.29 is 9.59 Å². The molecule has 0 aliphatic rings. The molecule has 0 aliphatic carbocycles. The first kappa shape index (κ1) is 17.2. The van der Waals surface area contributed by atoms with E-state index >= 15 is 0 Å². The normalized spacial score (nSPS) is 12.0. The molecule has 0 saturated heterocycles. The minimum absolute atomic E-state index is 0.426. The number of benzene rings is 1. The van der Waals surface area contributed by atoms with Gasteiger partial charge in [0.1, 0.15) is 0 Å². The minimum atomic E-state index is 0.426. The first-order valence-corrected chi connectivity index (χ1v) is 6.91. The number of nitrogens with one attached hydrogen (secondary N) is 2. The molecule has 0 heterocycles. The number of para-hydroxylation sites is 1. The maximum atomic E-state index is 11.0. The smallest absolute Gasteiger partial charge is 0.152 e. The summed E-state index contributed by atoms with van der Waals surface area (Å²) in [4.78, 5) is 22.0. The Labute approximate surface area is 130 Å². The topological polar surface area (TPSA) is 58.2 Å². The van der Waals surface area contributed by atoms with Crippen LogP contribution in [0.2, 0.25) is 0 Å². The van der Waals surface area contributed by atoms with Gasteiger partial charge in [-0.05, 0) is 24.6 Å². The van der Waals surface area contributed by atoms with E-state index in [4.69, 9.17) is 0 Å². The van der Waals surface area contributed by atoms with Crippen LogP contribution in [0.5, 0.6) is 0 Å². The van der Waals surface area contributed by atoms with E-state index in [2.05, 4.69) is 23.8 Å². The predicted molar refractivity (Wildman–Crippen MR) is 90.4 cm³/mol. The van der Waals surface area contributed by atoms with E-state index < -0.39 is 0 Å². The zero-order chi connectivity index (χ0) is 16.4. The highest BCUT2D eigenvalue weighted by atomic mass is 16.1. The number of allylic oxidation sites excluding steroid dienone is 4. The van der Waals surface area contributed by atoms with Gasteiger partial charge in [-0.1, -0.05) is 38.3 Å². The summed E-state index contributed by atoms with van der Waals surface area (Å²) in [6, 6.07) is 7.24. The molecular formula is C18H20N2O2. The number of hydrogen-bond acceptors (Lipinski definition) is 4. The highest BCUT2D eigenvalue weighted by Gasteiger charge is 2.03. The summed E-state index contributed by atoms with van der Waals surface area (Å²) in [5.74, 6) is 0. The fourth-order valence-corrected chi connectivity index (χ4v) is 1.76. The van der Waals surface area contributed by atoms with Crippen LogP contribution in [0.15, 0.2) is 72.7 Å². The molecule has 0 spiro atoms. The molecule has 1 aromatic rings. The van der Waals surface area contributed by atoms with Gasteiger partial charge in [-0.25, -0.2) is 0 Å². The van der Waals surface area contributed by atoms with E-state index in [9.17, 15) is 9.59 Å². The van der Waals surface area contributed by atoms with Crippen molar-refractivity contribution in [1.82, 2.24) is 5.32 Å². The van der Waals surface area contributed by atoms with Crippen LogP contribution < -0.4 is 10.6 Å². The molecular weight excluding hydrogens is 276 g/mol. The Morgan fingerprint density at radius 2 is 1.91 bits per heavy atom. The fourth-order valence-electron chi connectivity index (χ4n) is 1.76. The van der Waals surface area contributed by atoms with Crippen molar-refractivity contribution in [2.45, 2.75) is 13.3 Å². The summed E-state index contributed by atoms with van der Waals surface area (Å²) in [7, 11) is 0. The number of aldehydes is 2. The Balaban J connectivity index is 2.98. The average molecular weight is 296 g/mol. The highest BCUT2D eigenvalue weighted by Crippen LogP contribution is 2.16. The van der Waals surface area contributed by atoms with Crippen molar-refractivity contribution >= 4 is 18.3 Å². The van der Waals surface area contributed by atoms with Crippen LogP contribution in [0.3, 0.4) is 0 Å². The van der Waals surface area contributed by atoms with E-state index in [0.717, 1.165) is 24.1 Å². The van der Waals surface area contributed by atoms with Crippen molar-refractivity contribution in [3.63, 3.8) is 0 Å². The predicted octanol–water partition coefficient (Wildman–Crippen LogP) is 3.58. The van der Waals surface area contributed by atoms with E-state index in [1.54, 1.807) is 18.3 Å². The number of hydrogen-bond donors (Lipinski definition) is 2. The quantitative estimate of drug-likeness (QED) is 0.415. The van der Waals surface area contributed by atoms with E-state index in [0.29, 0.717) is 23.1 Å². The first-order valence-electron chi connectivity index (χ1n) is 6.91. The van der Waals surface area contributed by atoms with Crippen LogP contribution in [0, 0.1) is 0 Å². The summed E-state index contributed by atoms with van der Waals surface area (Å²) in [5, 5.41) is 6.23. The zero-order valence-electron chi connectivity index (χ0n) is 12.6. The second-order valence-corrected chi connectivity index (χ2v) is 4.39. The maximum absolute atomic E-state index is 11.0. The second kappa shape index (κ2) is 9.13. The Bertz CT molecular complexity index is 618. The Morgan fingerprint density at radius 3 is 2.45 bits per heavy atom. The number of rotatable bonds is 9. The van der Waals surface area contributed by atoms with Gasteiger partial charge in [0.15, 0.2) is 12.6 Å². The number of carbonyl (C=O) groups excluding carboxylic acids is 2. The summed E-state index contributed by atoms with van der Waals surface area (Å²) in [5.41, 5.74) is 3.18. The number of carbonyl (C=O) groups is 2. The molecule has 0 unspecified atom stereocenters. The monoisotopic (exact) mass is 296 g/mol. The Hall–Kier alpha value is -2.88. The van der Waals surface area contributed by atoms with E-state index in [-0.39, 0.29) is 0 Å². The zero-order valence-corrected chi connectivity index (χ0v) is 12.6. The van der Waals surface area contributed by atoms with Gasteiger partial charge in [-0.2, -0.15) is 0 Å². The van der Waals surface area contributed by atoms with Crippen LogP contribution in [0.4, 0.5) is 5.69 Å². The van der Waals surface area contributed by atoms with Gasteiger partial charge in [-0.15, -0.1) is 0 Å². The van der Waals surface area contributed by atoms with Gasteiger partial charge in [-0.3, -0.25) is 9.59 Å². The lowest BCUT2D eigenvalue weighted by atomic mass is 10.2. The maximum Gasteiger partial charge on any atom is 0.152 e. The first-order chi connectivity index (χ1) is 10.7. The SMILES string of the molecule is C=C/C(C=O)=C(\C=C)N/C=C(\CC)Nc1ccccc1C=O. The lowest BCUT2D eigenvalue weighted by Crippen LogP contribution is -2.11. The van der Waals surface area contributed by atoms with E-state index in [1.165, 1.54) is 6.08 Å². The lowest BCUT2D eigenvalue weighted by molar-refractivity contribution is -0.104. The van der Waals surface area contributed by atoms with Crippen molar-refractivity contribution in [3.8, 4) is 0 Å². The van der Waals surface area contributed by atoms with Gasteiger partial charge in [0, 0.05) is 34.4 Å². The summed E-state index contributed by atoms with van der Waals surface area (Å²) >= 11 is 0. The van der Waals surface area contributed by atoms with Gasteiger partial charge in [0.2, 0.25) is 0 Å². The third kappa shape index (κ3) is 4.59. The molecule has 0 radical (unpaired) electrons. The lowest BCUT2D eigenvalue weighted by Gasteiger charge is -2.12. The molecule has 0 atom stereocenters. The number of anilines is 1. The molecule has 0 saturated carbocycles. The average Bonchev–Trinajstić information content (AvgIpc) is 2.57. The molecule has 0 aromatic heterocycles. The van der Waals surface area contributed by atoms with Crippen molar-refractivity contribution in [1.29, 1.82) is 0 Å². The minimum Gasteiger partial charge on any atom is -0.360 e. The molecule has 1 rings (SSSR count). The van der Waals surface area contributed by atoms with Gasteiger partial charge in [0.25, 0.3) is 0 Å². The molecule has 2 N–H and O–H groups in total. The van der Waals surface area contributed by atoms with Crippen molar-refractivity contribution in [2.24, 2.45) is 0 Å². The molecule has 0 fully saturated rings. The molecule has 4 heteroatoms. The molecule has 4 nitrogen and oxygen atoms in total. The summed E-state index contributed by atoms with van der Waals surface area (Å²) in [6.07, 6.45) is 6.99. The molecule has 0 aliphatic heterocycles. The molecule has 22 heavy (non-hydrogen) atoms. The third-order valence-electron chi connectivity index (χ3n) is 3.03. The molecule has 0 amide bonds. The second-order valence-electron chi connectivity index (χ2n) is 4.39. The van der Waals surface area contributed by atoms with Crippen LogP contribution >= 0.6 is 0 Å². The summed E-state index contributed by atoms with van der Waals surface area (Å²) in [6.45, 7) is 9.24. The Morgan fingerprint density at radius 1 is 1.18 bits per heavy atom. The largest absolute Gasteiger partial charge is 0.360 e. The fraction of sp³-hybridized carbons (Fsp3) is 0.111. The van der Waals surface area contributed by atoms with Crippen LogP contribution in [0.1, 0.15) is 23.7 Å². The molecule has 1 aromatic carbocycles. The summed E-state index contributed by atoms with van der Waals surface area (Å²) < 4.78 is 0. The van der Waals surface area contributed by atoms with Crippen LogP contribution in [-0.4, -0.2) is 12.6 Å². The molecule has 114 valence electrons. The van der Waals surface area contributed by atoms with Crippen molar-refractivity contribution in [2.75, 3.05) is 5.32 Å². The third-order valence-corrected chi connectivity index (χ3v) is 3.03. The van der Waals surface area contributed by atoms with Crippen LogP contribution in [-0.2, 0) is 4.79 Å². The van der Waals surface area contributed by atoms with Crippen molar-refractivity contribution in [3.05, 3.63) is 78.3 Å². The van der Waals surface area contributed by atoms with Crippen LogP contribution in [0.25, 0.3) is 0 Å². The van der Waals surface area contributed by atoms with Gasteiger partial charge in [0.05, 0.1) is 0 Å². The Kier molecular flexibility index (Phi) is 7.13. The molecule has 0 bridgehead atoms. The van der Waals surface area contributed by atoms with E-state index in [1.807, 2.05) is 25.1 Å². The van der Waals surface area contributed by atoms with Gasteiger partial charge >= 0.3 is 0 Å².